The predicted octanol–water partition coefficient (Wildman–Crippen LogP) is 1.30. The summed E-state index contributed by atoms with van der Waals surface area (Å²) >= 11 is 0. The summed E-state index contributed by atoms with van der Waals surface area (Å²) in [5.74, 6) is -0.0823. The van der Waals surface area contributed by atoms with E-state index in [2.05, 4.69) is 11.8 Å². The van der Waals surface area contributed by atoms with Gasteiger partial charge >= 0.3 is 5.97 Å². The minimum atomic E-state index is -1.06. The highest BCUT2D eigenvalue weighted by atomic mass is 16.4. The van der Waals surface area contributed by atoms with E-state index >= 15 is 0 Å². The standard InChI is InChI=1S/C12H24N2O2/c1-10-5-8-14(9-10)7-4-3-6-12(2,13)11(15)16/h10H,3-9,13H2,1-2H3,(H,15,16). The summed E-state index contributed by atoms with van der Waals surface area (Å²) < 4.78 is 0. The summed E-state index contributed by atoms with van der Waals surface area (Å²) in [5.41, 5.74) is 4.61. The Labute approximate surface area is 97.8 Å². The lowest BCUT2D eigenvalue weighted by Crippen LogP contribution is -2.44. The van der Waals surface area contributed by atoms with Crippen LogP contribution in [0.2, 0.25) is 0 Å². The summed E-state index contributed by atoms with van der Waals surface area (Å²) in [6.07, 6.45) is 3.80. The van der Waals surface area contributed by atoms with Crippen LogP contribution in [0.3, 0.4) is 0 Å². The second kappa shape index (κ2) is 5.64. The van der Waals surface area contributed by atoms with Crippen LogP contribution in [0.25, 0.3) is 0 Å². The van der Waals surface area contributed by atoms with E-state index in [1.807, 2.05) is 0 Å². The van der Waals surface area contributed by atoms with Gasteiger partial charge in [0, 0.05) is 6.54 Å². The Balaban J connectivity index is 2.10. The van der Waals surface area contributed by atoms with Crippen molar-refractivity contribution in [2.45, 2.75) is 45.1 Å². The normalized spacial score (nSPS) is 25.6. The first-order valence-corrected chi connectivity index (χ1v) is 6.16. The lowest BCUT2D eigenvalue weighted by atomic mass is 9.96. The number of aliphatic carboxylic acids is 1. The molecule has 0 bridgehead atoms. The lowest BCUT2D eigenvalue weighted by Gasteiger charge is -2.20. The van der Waals surface area contributed by atoms with Gasteiger partial charge in [-0.25, -0.2) is 0 Å². The maximum atomic E-state index is 10.8. The Hall–Kier alpha value is -0.610. The Morgan fingerprint density at radius 3 is 2.75 bits per heavy atom. The van der Waals surface area contributed by atoms with Gasteiger partial charge in [0.05, 0.1) is 0 Å². The Morgan fingerprint density at radius 2 is 2.25 bits per heavy atom. The fraction of sp³-hybridized carbons (Fsp3) is 0.917. The molecular formula is C12H24N2O2. The fourth-order valence-electron chi connectivity index (χ4n) is 2.16. The lowest BCUT2D eigenvalue weighted by molar-refractivity contribution is -0.142. The maximum absolute atomic E-state index is 10.8. The van der Waals surface area contributed by atoms with E-state index < -0.39 is 11.5 Å². The van der Waals surface area contributed by atoms with Crippen LogP contribution in [0.15, 0.2) is 0 Å². The van der Waals surface area contributed by atoms with Crippen molar-refractivity contribution < 1.29 is 9.90 Å². The molecule has 16 heavy (non-hydrogen) atoms. The van der Waals surface area contributed by atoms with Gasteiger partial charge in [0.25, 0.3) is 0 Å². The highest BCUT2D eigenvalue weighted by Crippen LogP contribution is 2.17. The van der Waals surface area contributed by atoms with E-state index in [4.69, 9.17) is 10.8 Å². The fourth-order valence-corrected chi connectivity index (χ4v) is 2.16. The molecule has 4 heteroatoms. The number of carboxylic acids is 1. The van der Waals surface area contributed by atoms with Crippen molar-refractivity contribution in [1.29, 1.82) is 0 Å². The van der Waals surface area contributed by atoms with E-state index in [0.717, 1.165) is 25.3 Å². The molecular weight excluding hydrogens is 204 g/mol. The quantitative estimate of drug-likeness (QED) is 0.672. The molecule has 1 aliphatic heterocycles. The van der Waals surface area contributed by atoms with Crippen molar-refractivity contribution in [1.82, 2.24) is 4.90 Å². The van der Waals surface area contributed by atoms with Crippen LogP contribution in [0.4, 0.5) is 0 Å². The molecule has 1 saturated heterocycles. The number of nitrogens with two attached hydrogens (primary N) is 1. The van der Waals surface area contributed by atoms with Crippen molar-refractivity contribution in [2.75, 3.05) is 19.6 Å². The minimum absolute atomic E-state index is 0.561. The third-order valence-corrected chi connectivity index (χ3v) is 3.42. The molecule has 1 heterocycles. The largest absolute Gasteiger partial charge is 0.480 e. The molecule has 1 rings (SSSR count). The third kappa shape index (κ3) is 4.10. The summed E-state index contributed by atoms with van der Waals surface area (Å²) in [7, 11) is 0. The highest BCUT2D eigenvalue weighted by molar-refractivity contribution is 5.77. The van der Waals surface area contributed by atoms with Crippen molar-refractivity contribution in [2.24, 2.45) is 11.7 Å². The SMILES string of the molecule is CC1CCN(CCCCC(C)(N)C(=O)O)C1. The number of unbranched alkanes of at least 4 members (excludes halogenated alkanes) is 1. The number of rotatable bonds is 6. The predicted molar refractivity (Wildman–Crippen MR) is 64.3 cm³/mol. The average Bonchev–Trinajstić information content (AvgIpc) is 2.59. The van der Waals surface area contributed by atoms with Gasteiger partial charge in [-0.05, 0) is 51.6 Å². The zero-order chi connectivity index (χ0) is 12.2. The molecule has 2 atom stereocenters. The van der Waals surface area contributed by atoms with Crippen LogP contribution in [-0.2, 0) is 4.79 Å². The summed E-state index contributed by atoms with van der Waals surface area (Å²) in [6, 6.07) is 0. The maximum Gasteiger partial charge on any atom is 0.323 e. The number of hydrogen-bond acceptors (Lipinski definition) is 3. The van der Waals surface area contributed by atoms with Gasteiger partial charge in [-0.2, -0.15) is 0 Å². The number of nitrogens with zero attached hydrogens (tertiary/aromatic N) is 1. The van der Waals surface area contributed by atoms with E-state index in [0.29, 0.717) is 6.42 Å². The Bertz CT molecular complexity index is 241. The van der Waals surface area contributed by atoms with Crippen molar-refractivity contribution in [3.63, 3.8) is 0 Å². The van der Waals surface area contributed by atoms with Gasteiger partial charge in [0.15, 0.2) is 0 Å². The topological polar surface area (TPSA) is 66.6 Å². The van der Waals surface area contributed by atoms with Crippen LogP contribution < -0.4 is 5.73 Å². The third-order valence-electron chi connectivity index (χ3n) is 3.42. The van der Waals surface area contributed by atoms with Crippen LogP contribution in [0.1, 0.15) is 39.5 Å². The highest BCUT2D eigenvalue weighted by Gasteiger charge is 2.27. The van der Waals surface area contributed by atoms with Crippen LogP contribution in [0, 0.1) is 5.92 Å². The molecule has 4 nitrogen and oxygen atoms in total. The first kappa shape index (κ1) is 13.5. The van der Waals surface area contributed by atoms with Gasteiger partial charge in [0.2, 0.25) is 0 Å². The zero-order valence-corrected chi connectivity index (χ0v) is 10.4. The Morgan fingerprint density at radius 1 is 1.56 bits per heavy atom. The monoisotopic (exact) mass is 228 g/mol. The number of carboxylic acid groups (broad SMARTS) is 1. The van der Waals surface area contributed by atoms with Gasteiger partial charge in [-0.3, -0.25) is 4.79 Å². The van der Waals surface area contributed by atoms with Crippen molar-refractivity contribution >= 4 is 5.97 Å². The van der Waals surface area contributed by atoms with E-state index in [1.54, 1.807) is 6.92 Å². The van der Waals surface area contributed by atoms with Crippen LogP contribution in [-0.4, -0.2) is 41.1 Å². The molecule has 2 unspecified atom stereocenters. The molecule has 0 radical (unpaired) electrons. The number of likely N-dealkylation sites (tertiary alicyclic amines) is 1. The summed E-state index contributed by atoms with van der Waals surface area (Å²) in [5, 5.41) is 8.85. The molecule has 94 valence electrons. The van der Waals surface area contributed by atoms with Crippen LogP contribution >= 0.6 is 0 Å². The zero-order valence-electron chi connectivity index (χ0n) is 10.4. The average molecular weight is 228 g/mol. The van der Waals surface area contributed by atoms with Gasteiger partial charge in [0.1, 0.15) is 5.54 Å². The molecule has 1 aliphatic rings. The summed E-state index contributed by atoms with van der Waals surface area (Å²) in [4.78, 5) is 13.2. The first-order valence-electron chi connectivity index (χ1n) is 6.16. The molecule has 3 N–H and O–H groups in total. The first-order chi connectivity index (χ1) is 7.42. The van der Waals surface area contributed by atoms with Gasteiger partial charge in [-0.1, -0.05) is 6.92 Å². The smallest absolute Gasteiger partial charge is 0.323 e. The van der Waals surface area contributed by atoms with Crippen molar-refractivity contribution in [3.8, 4) is 0 Å². The van der Waals surface area contributed by atoms with E-state index in [-0.39, 0.29) is 0 Å². The second-order valence-corrected chi connectivity index (χ2v) is 5.37. The number of hydrogen-bond donors (Lipinski definition) is 2. The molecule has 0 aromatic carbocycles. The van der Waals surface area contributed by atoms with Crippen molar-refractivity contribution in [3.05, 3.63) is 0 Å². The van der Waals surface area contributed by atoms with E-state index in [9.17, 15) is 4.79 Å². The number of carbonyl (C=O) groups is 1. The molecule has 0 amide bonds. The molecule has 0 aliphatic carbocycles. The molecule has 0 saturated carbocycles. The molecule has 0 aromatic heterocycles. The minimum Gasteiger partial charge on any atom is -0.480 e. The molecule has 0 spiro atoms. The van der Waals surface area contributed by atoms with Crippen LogP contribution in [0.5, 0.6) is 0 Å². The second-order valence-electron chi connectivity index (χ2n) is 5.37. The van der Waals surface area contributed by atoms with Gasteiger partial charge < -0.3 is 15.7 Å². The Kier molecular flexibility index (Phi) is 4.74. The molecule has 0 aromatic rings. The molecule has 1 fully saturated rings. The van der Waals surface area contributed by atoms with Gasteiger partial charge in [-0.15, -0.1) is 0 Å². The van der Waals surface area contributed by atoms with E-state index in [1.165, 1.54) is 19.5 Å². The summed E-state index contributed by atoms with van der Waals surface area (Å²) in [6.45, 7) is 7.34.